The molecule has 7 heteroatoms. The molecule has 4 rings (SSSR count). The molecular weight excluding hydrogens is 316 g/mol. The lowest BCUT2D eigenvalue weighted by molar-refractivity contribution is -0.127. The topological polar surface area (TPSA) is 75.9 Å². The van der Waals surface area contributed by atoms with Gasteiger partial charge in [0, 0.05) is 44.9 Å². The average Bonchev–Trinajstić information content (AvgIpc) is 3.04. The Bertz CT molecular complexity index is 743. The van der Waals surface area contributed by atoms with Crippen LogP contribution in [0.4, 0.5) is 0 Å². The van der Waals surface area contributed by atoms with Crippen LogP contribution in [0.25, 0.3) is 0 Å². The minimum absolute atomic E-state index is 0.00715. The molecule has 1 fully saturated rings. The summed E-state index contributed by atoms with van der Waals surface area (Å²) in [5, 5.41) is 12.3. The van der Waals surface area contributed by atoms with Crippen molar-refractivity contribution >= 4 is 5.91 Å². The van der Waals surface area contributed by atoms with Gasteiger partial charge in [-0.15, -0.1) is 10.2 Å². The lowest BCUT2D eigenvalue weighted by Crippen LogP contribution is -2.35. The van der Waals surface area contributed by atoms with Crippen LogP contribution in [0.15, 0.2) is 24.5 Å². The molecule has 132 valence electrons. The van der Waals surface area contributed by atoms with Crippen LogP contribution in [0.3, 0.4) is 0 Å². The van der Waals surface area contributed by atoms with Gasteiger partial charge in [-0.2, -0.15) is 0 Å². The molecular formula is C18H24N6O. The quantitative estimate of drug-likeness (QED) is 0.912. The van der Waals surface area contributed by atoms with Crippen molar-refractivity contribution in [2.45, 2.75) is 57.3 Å². The molecule has 2 aliphatic heterocycles. The second-order valence-corrected chi connectivity index (χ2v) is 6.92. The third-order valence-electron chi connectivity index (χ3n) is 5.32. The van der Waals surface area contributed by atoms with Crippen LogP contribution in [-0.4, -0.2) is 43.6 Å². The predicted molar refractivity (Wildman–Crippen MR) is 92.6 cm³/mol. The number of fused-ring (bicyclic) bond motifs is 1. The molecule has 1 saturated heterocycles. The van der Waals surface area contributed by atoms with Crippen LogP contribution in [-0.2, 0) is 24.3 Å². The Labute approximate surface area is 147 Å². The van der Waals surface area contributed by atoms with E-state index in [1.165, 1.54) is 19.3 Å². The fraction of sp³-hybridized carbons (Fsp3) is 0.556. The van der Waals surface area contributed by atoms with E-state index in [1.807, 2.05) is 30.3 Å². The fourth-order valence-electron chi connectivity index (χ4n) is 3.96. The summed E-state index contributed by atoms with van der Waals surface area (Å²) >= 11 is 0. The monoisotopic (exact) mass is 340 g/mol. The first-order valence-electron chi connectivity index (χ1n) is 9.04. The van der Waals surface area contributed by atoms with Crippen LogP contribution in [0.2, 0.25) is 0 Å². The van der Waals surface area contributed by atoms with Gasteiger partial charge in [-0.1, -0.05) is 12.5 Å². The number of aromatic nitrogens is 4. The average molecular weight is 340 g/mol. The maximum atomic E-state index is 12.2. The highest BCUT2D eigenvalue weighted by molar-refractivity contribution is 5.80. The number of nitrogens with zero attached hydrogens (tertiary/aromatic N) is 5. The summed E-state index contributed by atoms with van der Waals surface area (Å²) in [4.78, 5) is 18.3. The van der Waals surface area contributed by atoms with E-state index in [4.69, 9.17) is 0 Å². The van der Waals surface area contributed by atoms with E-state index in [0.29, 0.717) is 13.0 Å². The van der Waals surface area contributed by atoms with Crippen molar-refractivity contribution in [3.05, 3.63) is 41.7 Å². The van der Waals surface area contributed by atoms with Crippen LogP contribution in [0.1, 0.15) is 48.9 Å². The first-order chi connectivity index (χ1) is 12.2. The van der Waals surface area contributed by atoms with E-state index in [9.17, 15) is 4.79 Å². The summed E-state index contributed by atoms with van der Waals surface area (Å²) in [6, 6.07) is 4.01. The van der Waals surface area contributed by atoms with Crippen LogP contribution >= 0.6 is 0 Å². The van der Waals surface area contributed by atoms with E-state index < -0.39 is 0 Å². The normalized spacial score (nSPS) is 23.6. The van der Waals surface area contributed by atoms with Gasteiger partial charge in [0.2, 0.25) is 5.91 Å². The third kappa shape index (κ3) is 3.16. The van der Waals surface area contributed by atoms with E-state index >= 15 is 0 Å². The number of likely N-dealkylation sites (N-methyl/N-ethyl adjacent to an activating group) is 1. The molecule has 2 aromatic heterocycles. The molecule has 0 saturated carbocycles. The second-order valence-electron chi connectivity index (χ2n) is 6.92. The van der Waals surface area contributed by atoms with Crippen molar-refractivity contribution in [1.29, 1.82) is 0 Å². The van der Waals surface area contributed by atoms with Crippen molar-refractivity contribution in [2.24, 2.45) is 0 Å². The summed E-state index contributed by atoms with van der Waals surface area (Å²) in [5.41, 5.74) is 1.06. The van der Waals surface area contributed by atoms with Crippen LogP contribution < -0.4 is 5.32 Å². The number of likely N-dealkylation sites (tertiary alicyclic amines) is 1. The van der Waals surface area contributed by atoms with Crippen LogP contribution in [0.5, 0.6) is 0 Å². The minimum atomic E-state index is 0.00715. The van der Waals surface area contributed by atoms with E-state index in [2.05, 4.69) is 25.1 Å². The Morgan fingerprint density at radius 1 is 1.28 bits per heavy atom. The standard InChI is InChI=1S/C18H24N6O/c1-23-17(25)10-14(18(23)13-6-5-8-19-11-13)20-12-16-22-21-15-7-3-2-4-9-24(15)16/h5-6,8,11,14,18,20H,2-4,7,9-10,12H2,1H3/t14-,18+/m1/s1. The predicted octanol–water partition coefficient (Wildman–Crippen LogP) is 1.46. The largest absolute Gasteiger partial charge is 0.337 e. The van der Waals surface area contributed by atoms with Gasteiger partial charge >= 0.3 is 0 Å². The number of pyridine rings is 1. The van der Waals surface area contributed by atoms with Gasteiger partial charge in [-0.05, 0) is 24.5 Å². The Balaban J connectivity index is 1.50. The lowest BCUT2D eigenvalue weighted by atomic mass is 10.0. The van der Waals surface area contributed by atoms with Gasteiger partial charge in [0.15, 0.2) is 0 Å². The zero-order valence-corrected chi connectivity index (χ0v) is 14.6. The highest BCUT2D eigenvalue weighted by Crippen LogP contribution is 2.31. The van der Waals surface area contributed by atoms with E-state index in [-0.39, 0.29) is 18.0 Å². The number of nitrogens with one attached hydrogen (secondary N) is 1. The number of aryl methyl sites for hydroxylation is 1. The molecule has 0 radical (unpaired) electrons. The van der Waals surface area contributed by atoms with Crippen molar-refractivity contribution in [3.63, 3.8) is 0 Å². The summed E-state index contributed by atoms with van der Waals surface area (Å²) in [6.07, 6.45) is 8.73. The molecule has 0 bridgehead atoms. The Kier molecular flexibility index (Phi) is 4.48. The first-order valence-corrected chi connectivity index (χ1v) is 9.04. The smallest absolute Gasteiger partial charge is 0.224 e. The highest BCUT2D eigenvalue weighted by Gasteiger charge is 2.38. The van der Waals surface area contributed by atoms with Gasteiger partial charge in [-0.25, -0.2) is 0 Å². The first kappa shape index (κ1) is 16.2. The van der Waals surface area contributed by atoms with Gasteiger partial charge in [-0.3, -0.25) is 9.78 Å². The molecule has 0 unspecified atom stereocenters. The summed E-state index contributed by atoms with van der Waals surface area (Å²) in [5.74, 6) is 2.23. The molecule has 1 amide bonds. The van der Waals surface area contributed by atoms with Gasteiger partial charge in [0.1, 0.15) is 11.6 Å². The maximum Gasteiger partial charge on any atom is 0.224 e. The third-order valence-corrected chi connectivity index (χ3v) is 5.32. The lowest BCUT2D eigenvalue weighted by Gasteiger charge is -2.25. The Morgan fingerprint density at radius 2 is 2.20 bits per heavy atom. The number of carbonyl (C=O) groups is 1. The molecule has 0 spiro atoms. The fourth-order valence-corrected chi connectivity index (χ4v) is 3.96. The van der Waals surface area contributed by atoms with Crippen molar-refractivity contribution < 1.29 is 4.79 Å². The molecule has 2 aromatic rings. The van der Waals surface area contributed by atoms with Crippen molar-refractivity contribution in [3.8, 4) is 0 Å². The van der Waals surface area contributed by atoms with E-state index in [1.54, 1.807) is 6.20 Å². The van der Waals surface area contributed by atoms with Crippen molar-refractivity contribution in [2.75, 3.05) is 7.05 Å². The van der Waals surface area contributed by atoms with Crippen molar-refractivity contribution in [1.82, 2.24) is 30.0 Å². The minimum Gasteiger partial charge on any atom is -0.337 e. The zero-order chi connectivity index (χ0) is 17.2. The zero-order valence-electron chi connectivity index (χ0n) is 14.6. The number of rotatable bonds is 4. The number of hydrogen-bond acceptors (Lipinski definition) is 5. The van der Waals surface area contributed by atoms with E-state index in [0.717, 1.165) is 30.2 Å². The molecule has 2 atom stereocenters. The molecule has 0 aromatic carbocycles. The van der Waals surface area contributed by atoms with Gasteiger partial charge in [0.25, 0.3) is 0 Å². The van der Waals surface area contributed by atoms with Gasteiger partial charge in [0.05, 0.1) is 12.6 Å². The number of hydrogen-bond donors (Lipinski definition) is 1. The van der Waals surface area contributed by atoms with Crippen LogP contribution in [0, 0.1) is 0 Å². The maximum absolute atomic E-state index is 12.2. The Hall–Kier alpha value is -2.28. The molecule has 4 heterocycles. The number of carbonyl (C=O) groups excluding carboxylic acids is 1. The summed E-state index contributed by atoms with van der Waals surface area (Å²) in [6.45, 7) is 1.63. The molecule has 1 N–H and O–H groups in total. The van der Waals surface area contributed by atoms with Gasteiger partial charge < -0.3 is 14.8 Å². The highest BCUT2D eigenvalue weighted by atomic mass is 16.2. The summed E-state index contributed by atoms with van der Waals surface area (Å²) < 4.78 is 2.25. The summed E-state index contributed by atoms with van der Waals surface area (Å²) in [7, 11) is 1.87. The molecule has 0 aliphatic carbocycles. The molecule has 25 heavy (non-hydrogen) atoms. The molecule has 7 nitrogen and oxygen atoms in total. The SMILES string of the molecule is CN1C(=O)C[C@@H](NCc2nnc3n2CCCCC3)[C@@H]1c1cccnc1. The molecule has 2 aliphatic rings. The number of amides is 1. The second kappa shape index (κ2) is 6.92. The Morgan fingerprint density at radius 3 is 3.04 bits per heavy atom.